The number of unbranched alkanes of at least 4 members (excludes halogenated alkanes) is 10. The number of rotatable bonds is 14. The van der Waals surface area contributed by atoms with Gasteiger partial charge in [-0.1, -0.05) is 71.6 Å². The third-order valence-electron chi connectivity index (χ3n) is 4.55. The number of hydrogen-bond donors (Lipinski definition) is 0. The lowest BCUT2D eigenvalue weighted by Gasteiger charge is -2.20. The highest BCUT2D eigenvalue weighted by atomic mass is 15.3. The molecule has 0 bridgehead atoms. The van der Waals surface area contributed by atoms with Crippen LogP contribution in [0.25, 0.3) is 0 Å². The molecule has 0 aromatic heterocycles. The first-order valence-corrected chi connectivity index (χ1v) is 9.86. The van der Waals surface area contributed by atoms with Gasteiger partial charge in [-0.15, -0.1) is 0 Å². The standard InChI is InChI=1S/C20H39N2/c1-3-5-7-9-11-13-16-21-18-15-19-22(20-21)17-14-12-10-8-6-4-2/h15,18-19H,3-14,16-17,20H2,1-2H3/q+1. The number of hydrogen-bond acceptors (Lipinski definition) is 1. The molecule has 0 unspecified atom stereocenters. The lowest BCUT2D eigenvalue weighted by atomic mass is 10.1. The lowest BCUT2D eigenvalue weighted by molar-refractivity contribution is -0.543. The molecule has 128 valence electrons. The Bertz CT molecular complexity index is 307. The van der Waals surface area contributed by atoms with E-state index >= 15 is 0 Å². The molecule has 0 aromatic rings. The quantitative estimate of drug-likeness (QED) is 0.300. The molecule has 0 atom stereocenters. The molecule has 0 saturated carbocycles. The highest BCUT2D eigenvalue weighted by Crippen LogP contribution is 2.08. The molecule has 0 N–H and O–H groups in total. The highest BCUT2D eigenvalue weighted by molar-refractivity contribution is 5.66. The third kappa shape index (κ3) is 10.0. The number of nitrogens with zero attached hydrogens (tertiary/aromatic N) is 2. The van der Waals surface area contributed by atoms with Gasteiger partial charge in [-0.2, -0.15) is 0 Å². The molecule has 1 aliphatic rings. The summed E-state index contributed by atoms with van der Waals surface area (Å²) in [6, 6.07) is 0. The first kappa shape index (κ1) is 19.3. The van der Waals surface area contributed by atoms with Gasteiger partial charge in [0, 0.05) is 25.2 Å². The first-order valence-electron chi connectivity index (χ1n) is 9.86. The van der Waals surface area contributed by atoms with Crippen molar-refractivity contribution in [2.24, 2.45) is 0 Å². The van der Waals surface area contributed by atoms with Gasteiger partial charge >= 0.3 is 0 Å². The van der Waals surface area contributed by atoms with Crippen LogP contribution in [0, 0.1) is 0 Å². The Balaban J connectivity index is 2.01. The average molecular weight is 308 g/mol. The normalized spacial score (nSPS) is 14.5. The minimum Gasteiger partial charge on any atom is -0.323 e. The smallest absolute Gasteiger partial charge is 0.218 e. The second-order valence-electron chi connectivity index (χ2n) is 6.79. The molecule has 1 rings (SSSR count). The molecule has 0 radical (unpaired) electrons. The van der Waals surface area contributed by atoms with E-state index in [2.05, 4.69) is 41.8 Å². The maximum absolute atomic E-state index is 2.48. The Kier molecular flexibility index (Phi) is 12.1. The topological polar surface area (TPSA) is 6.25 Å². The van der Waals surface area contributed by atoms with Crippen LogP contribution in [0.5, 0.6) is 0 Å². The van der Waals surface area contributed by atoms with Crippen LogP contribution in [-0.4, -0.2) is 35.4 Å². The SMILES string of the molecule is CCCCCCCCN1C=CC=[N+](CCCCCCCC)C1. The van der Waals surface area contributed by atoms with E-state index in [1.807, 2.05) is 0 Å². The summed E-state index contributed by atoms with van der Waals surface area (Å²) < 4.78 is 2.48. The van der Waals surface area contributed by atoms with E-state index in [0.717, 1.165) is 6.67 Å². The molecule has 2 nitrogen and oxygen atoms in total. The van der Waals surface area contributed by atoms with E-state index in [1.54, 1.807) is 0 Å². The van der Waals surface area contributed by atoms with E-state index < -0.39 is 0 Å². The monoisotopic (exact) mass is 307 g/mol. The first-order chi connectivity index (χ1) is 10.9. The molecule has 2 heteroatoms. The Labute approximate surface area is 139 Å². The van der Waals surface area contributed by atoms with Crippen LogP contribution in [0.2, 0.25) is 0 Å². The summed E-state index contributed by atoms with van der Waals surface area (Å²) in [6.07, 6.45) is 23.4. The minimum absolute atomic E-state index is 1.10. The van der Waals surface area contributed by atoms with Crippen molar-refractivity contribution < 1.29 is 4.58 Å². The second kappa shape index (κ2) is 13.8. The fourth-order valence-electron chi connectivity index (χ4n) is 3.09. The van der Waals surface area contributed by atoms with Crippen LogP contribution in [-0.2, 0) is 0 Å². The highest BCUT2D eigenvalue weighted by Gasteiger charge is 2.11. The second-order valence-corrected chi connectivity index (χ2v) is 6.79. The maximum atomic E-state index is 2.48. The van der Waals surface area contributed by atoms with E-state index in [-0.39, 0.29) is 0 Å². The third-order valence-corrected chi connectivity index (χ3v) is 4.55. The van der Waals surface area contributed by atoms with Gasteiger partial charge in [0.05, 0.1) is 0 Å². The largest absolute Gasteiger partial charge is 0.323 e. The van der Waals surface area contributed by atoms with Crippen molar-refractivity contribution in [2.75, 3.05) is 19.8 Å². The van der Waals surface area contributed by atoms with Crippen molar-refractivity contribution in [3.05, 3.63) is 12.3 Å². The zero-order valence-corrected chi connectivity index (χ0v) is 15.2. The van der Waals surface area contributed by atoms with Gasteiger partial charge in [0.1, 0.15) is 6.54 Å². The molecule has 0 fully saturated rings. The maximum Gasteiger partial charge on any atom is 0.218 e. The Morgan fingerprint density at radius 1 is 0.773 bits per heavy atom. The summed E-state index contributed by atoms with van der Waals surface area (Å²) in [5, 5.41) is 0. The Morgan fingerprint density at radius 2 is 1.36 bits per heavy atom. The van der Waals surface area contributed by atoms with Gasteiger partial charge in [-0.25, -0.2) is 4.58 Å². The molecular formula is C20H39N2+. The molecule has 0 aromatic carbocycles. The molecule has 1 aliphatic heterocycles. The number of allylic oxidation sites excluding steroid dienone is 1. The van der Waals surface area contributed by atoms with Crippen molar-refractivity contribution in [1.29, 1.82) is 0 Å². The predicted molar refractivity (Wildman–Crippen MR) is 98.7 cm³/mol. The van der Waals surface area contributed by atoms with Crippen LogP contribution in [0.4, 0.5) is 0 Å². The Hall–Kier alpha value is -0.790. The molecule has 0 spiro atoms. The summed E-state index contributed by atoms with van der Waals surface area (Å²) in [7, 11) is 0. The van der Waals surface area contributed by atoms with E-state index in [4.69, 9.17) is 0 Å². The summed E-state index contributed by atoms with van der Waals surface area (Å²) >= 11 is 0. The van der Waals surface area contributed by atoms with Gasteiger partial charge in [0.15, 0.2) is 6.21 Å². The van der Waals surface area contributed by atoms with Crippen molar-refractivity contribution in [3.8, 4) is 0 Å². The summed E-state index contributed by atoms with van der Waals surface area (Å²) in [4.78, 5) is 2.48. The fourth-order valence-corrected chi connectivity index (χ4v) is 3.09. The average Bonchev–Trinajstić information content (AvgIpc) is 2.54. The van der Waals surface area contributed by atoms with Gasteiger partial charge in [0.25, 0.3) is 0 Å². The lowest BCUT2D eigenvalue weighted by Crippen LogP contribution is -2.33. The van der Waals surface area contributed by atoms with Crippen molar-refractivity contribution >= 4 is 6.21 Å². The van der Waals surface area contributed by atoms with E-state index in [9.17, 15) is 0 Å². The minimum atomic E-state index is 1.10. The van der Waals surface area contributed by atoms with E-state index in [0.29, 0.717) is 0 Å². The summed E-state index contributed by atoms with van der Waals surface area (Å²) in [5.74, 6) is 0. The predicted octanol–water partition coefficient (Wildman–Crippen LogP) is 5.58. The molecule has 22 heavy (non-hydrogen) atoms. The summed E-state index contributed by atoms with van der Waals surface area (Å²) in [5.41, 5.74) is 0. The molecular weight excluding hydrogens is 268 g/mol. The molecule has 0 amide bonds. The van der Waals surface area contributed by atoms with Crippen molar-refractivity contribution in [1.82, 2.24) is 4.90 Å². The van der Waals surface area contributed by atoms with Crippen LogP contribution in [0.1, 0.15) is 90.9 Å². The van der Waals surface area contributed by atoms with Gasteiger partial charge in [0.2, 0.25) is 6.67 Å². The zero-order valence-electron chi connectivity index (χ0n) is 15.2. The fraction of sp³-hybridized carbons (Fsp3) is 0.850. The molecule has 1 heterocycles. The Morgan fingerprint density at radius 3 is 2.05 bits per heavy atom. The van der Waals surface area contributed by atoms with Gasteiger partial charge in [-0.05, 0) is 12.8 Å². The van der Waals surface area contributed by atoms with Crippen LogP contribution < -0.4 is 0 Å². The van der Waals surface area contributed by atoms with Crippen molar-refractivity contribution in [3.63, 3.8) is 0 Å². The summed E-state index contributed by atoms with van der Waals surface area (Å²) in [6.45, 7) is 8.12. The van der Waals surface area contributed by atoms with E-state index in [1.165, 1.54) is 90.1 Å². The molecule has 0 saturated heterocycles. The van der Waals surface area contributed by atoms with Gasteiger partial charge in [-0.3, -0.25) is 0 Å². The van der Waals surface area contributed by atoms with Crippen LogP contribution in [0.15, 0.2) is 12.3 Å². The van der Waals surface area contributed by atoms with Gasteiger partial charge < -0.3 is 4.90 Å². The van der Waals surface area contributed by atoms with Crippen molar-refractivity contribution in [2.45, 2.75) is 90.9 Å². The zero-order chi connectivity index (χ0) is 15.9. The van der Waals surface area contributed by atoms with Crippen LogP contribution >= 0.6 is 0 Å². The van der Waals surface area contributed by atoms with Crippen LogP contribution in [0.3, 0.4) is 0 Å². The molecule has 0 aliphatic carbocycles.